The molecule has 0 bridgehead atoms. The summed E-state index contributed by atoms with van der Waals surface area (Å²) in [5, 5.41) is 4.14. The molecule has 31 heavy (non-hydrogen) atoms. The molecule has 7 nitrogen and oxygen atoms in total. The number of methoxy groups -OCH3 is 1. The summed E-state index contributed by atoms with van der Waals surface area (Å²) in [5.74, 6) is 2.12. The maximum Gasteiger partial charge on any atom is 0.232 e. The van der Waals surface area contributed by atoms with Crippen molar-refractivity contribution < 1.29 is 18.8 Å². The number of ether oxygens (including phenoxy) is 2. The molecule has 1 aliphatic rings. The van der Waals surface area contributed by atoms with Crippen LogP contribution in [0.5, 0.6) is 11.5 Å². The number of carbonyl (C=O) groups is 1. The molecule has 1 aromatic heterocycles. The normalized spacial score (nSPS) is 16.3. The lowest BCUT2D eigenvalue weighted by atomic mass is 10.1. The van der Waals surface area contributed by atoms with Gasteiger partial charge in [-0.05, 0) is 57.5 Å². The quantitative estimate of drug-likeness (QED) is 0.576. The lowest BCUT2D eigenvalue weighted by Gasteiger charge is -2.19. The monoisotopic (exact) mass is 421 g/mol. The fourth-order valence-electron chi connectivity index (χ4n) is 3.89. The Morgan fingerprint density at radius 2 is 1.94 bits per heavy atom. The molecule has 0 radical (unpaired) electrons. The van der Waals surface area contributed by atoms with Crippen molar-refractivity contribution in [3.63, 3.8) is 0 Å². The van der Waals surface area contributed by atoms with E-state index in [9.17, 15) is 4.79 Å². The fourth-order valence-corrected chi connectivity index (χ4v) is 3.89. The molecule has 0 saturated carbocycles. The average Bonchev–Trinajstić information content (AvgIpc) is 3.35. The van der Waals surface area contributed by atoms with Gasteiger partial charge >= 0.3 is 0 Å². The first-order valence-corrected chi connectivity index (χ1v) is 10.4. The molecule has 1 atom stereocenters. The minimum absolute atomic E-state index is 0.0385. The topological polar surface area (TPSA) is 77.7 Å². The van der Waals surface area contributed by atoms with E-state index in [2.05, 4.69) is 16.2 Å². The minimum atomic E-state index is -0.139. The Bertz CT molecular complexity index is 1110. The number of anilines is 1. The Kier molecular flexibility index (Phi) is 5.67. The number of rotatable bonds is 6. The van der Waals surface area contributed by atoms with Crippen molar-refractivity contribution in [1.82, 2.24) is 10.1 Å². The van der Waals surface area contributed by atoms with Crippen LogP contribution in [0.2, 0.25) is 0 Å². The third-order valence-corrected chi connectivity index (χ3v) is 5.34. The number of hydrogen-bond acceptors (Lipinski definition) is 6. The number of aromatic nitrogens is 2. The van der Waals surface area contributed by atoms with Crippen molar-refractivity contribution >= 4 is 11.6 Å². The summed E-state index contributed by atoms with van der Waals surface area (Å²) in [6, 6.07) is 11.6. The van der Waals surface area contributed by atoms with Crippen LogP contribution in [-0.4, -0.2) is 35.8 Å². The van der Waals surface area contributed by atoms with E-state index in [1.165, 1.54) is 5.56 Å². The maximum atomic E-state index is 12.7. The van der Waals surface area contributed by atoms with Gasteiger partial charge in [0.05, 0.1) is 19.1 Å². The zero-order chi connectivity index (χ0) is 22.1. The second-order valence-electron chi connectivity index (χ2n) is 8.18. The van der Waals surface area contributed by atoms with Gasteiger partial charge in [-0.2, -0.15) is 4.98 Å². The highest BCUT2D eigenvalue weighted by atomic mass is 16.5. The molecular weight excluding hydrogens is 394 g/mol. The molecule has 7 heteroatoms. The zero-order valence-corrected chi connectivity index (χ0v) is 18.5. The lowest BCUT2D eigenvalue weighted by molar-refractivity contribution is -0.117. The van der Waals surface area contributed by atoms with E-state index in [-0.39, 0.29) is 17.9 Å². The van der Waals surface area contributed by atoms with E-state index in [0.29, 0.717) is 36.2 Å². The van der Waals surface area contributed by atoms with Gasteiger partial charge in [0.2, 0.25) is 17.6 Å². The van der Waals surface area contributed by atoms with Crippen molar-refractivity contribution in [3.05, 3.63) is 53.4 Å². The van der Waals surface area contributed by atoms with Crippen LogP contribution in [0.1, 0.15) is 43.2 Å². The van der Waals surface area contributed by atoms with Crippen molar-refractivity contribution in [2.75, 3.05) is 18.6 Å². The van der Waals surface area contributed by atoms with Gasteiger partial charge in [-0.25, -0.2) is 0 Å². The molecule has 3 aromatic rings. The minimum Gasteiger partial charge on any atom is -0.493 e. The van der Waals surface area contributed by atoms with E-state index >= 15 is 0 Å². The Hall–Kier alpha value is -3.35. The second kappa shape index (κ2) is 8.41. The molecule has 0 N–H and O–H groups in total. The third kappa shape index (κ3) is 4.26. The molecule has 1 fully saturated rings. The van der Waals surface area contributed by atoms with Crippen LogP contribution in [-0.2, 0) is 4.79 Å². The van der Waals surface area contributed by atoms with Crippen molar-refractivity contribution in [1.29, 1.82) is 0 Å². The summed E-state index contributed by atoms with van der Waals surface area (Å²) in [5.41, 5.74) is 3.95. The van der Waals surface area contributed by atoms with E-state index in [0.717, 1.165) is 16.8 Å². The summed E-state index contributed by atoms with van der Waals surface area (Å²) in [7, 11) is 1.60. The van der Waals surface area contributed by atoms with E-state index < -0.39 is 0 Å². The number of hydrogen-bond donors (Lipinski definition) is 0. The van der Waals surface area contributed by atoms with Crippen molar-refractivity contribution in [3.8, 4) is 22.9 Å². The van der Waals surface area contributed by atoms with Gasteiger partial charge in [0.25, 0.3) is 0 Å². The summed E-state index contributed by atoms with van der Waals surface area (Å²) >= 11 is 0. The Morgan fingerprint density at radius 1 is 1.13 bits per heavy atom. The number of nitrogens with zero attached hydrogens (tertiary/aromatic N) is 3. The molecule has 1 unspecified atom stereocenters. The SMILES string of the molecule is COc1cc(-c2noc(C3CC(=O)N(c4ccc(C)cc4C)C3)n2)ccc1OC(C)C. The van der Waals surface area contributed by atoms with Crippen LogP contribution < -0.4 is 14.4 Å². The van der Waals surface area contributed by atoms with Gasteiger partial charge in [-0.3, -0.25) is 4.79 Å². The van der Waals surface area contributed by atoms with Gasteiger partial charge in [-0.15, -0.1) is 0 Å². The highest BCUT2D eigenvalue weighted by Gasteiger charge is 2.35. The standard InChI is InChI=1S/C24H27N3O4/c1-14(2)30-20-9-7-17(11-21(20)29-5)23-25-24(31-26-23)18-12-22(28)27(13-18)19-8-6-15(3)10-16(19)4/h6-11,14,18H,12-13H2,1-5H3. The van der Waals surface area contributed by atoms with Crippen LogP contribution in [0.25, 0.3) is 11.4 Å². The van der Waals surface area contributed by atoms with Crippen LogP contribution in [0.3, 0.4) is 0 Å². The summed E-state index contributed by atoms with van der Waals surface area (Å²) < 4.78 is 16.8. The van der Waals surface area contributed by atoms with E-state index in [1.54, 1.807) is 7.11 Å². The first-order valence-electron chi connectivity index (χ1n) is 10.4. The molecular formula is C24H27N3O4. The van der Waals surface area contributed by atoms with Crippen LogP contribution in [0.15, 0.2) is 40.9 Å². The Morgan fingerprint density at radius 3 is 2.65 bits per heavy atom. The zero-order valence-electron chi connectivity index (χ0n) is 18.5. The number of benzene rings is 2. The predicted octanol–water partition coefficient (Wildman–Crippen LogP) is 4.67. The number of aryl methyl sites for hydroxylation is 2. The largest absolute Gasteiger partial charge is 0.493 e. The first-order chi connectivity index (χ1) is 14.9. The van der Waals surface area contributed by atoms with E-state index in [4.69, 9.17) is 14.0 Å². The first kappa shape index (κ1) is 20.9. The van der Waals surface area contributed by atoms with Gasteiger partial charge in [0, 0.05) is 24.2 Å². The van der Waals surface area contributed by atoms with Crippen LogP contribution in [0.4, 0.5) is 5.69 Å². The van der Waals surface area contributed by atoms with Gasteiger partial charge in [-0.1, -0.05) is 22.9 Å². The van der Waals surface area contributed by atoms with Gasteiger partial charge in [0.1, 0.15) is 0 Å². The maximum absolute atomic E-state index is 12.7. The van der Waals surface area contributed by atoms with Crippen LogP contribution >= 0.6 is 0 Å². The van der Waals surface area contributed by atoms with Crippen LogP contribution in [0, 0.1) is 13.8 Å². The van der Waals surface area contributed by atoms with Gasteiger partial charge in [0.15, 0.2) is 11.5 Å². The predicted molar refractivity (Wildman–Crippen MR) is 118 cm³/mol. The highest BCUT2D eigenvalue weighted by molar-refractivity contribution is 5.97. The summed E-state index contributed by atoms with van der Waals surface area (Å²) in [6.45, 7) is 8.51. The molecule has 4 rings (SSSR count). The number of carbonyl (C=O) groups excluding carboxylic acids is 1. The summed E-state index contributed by atoms with van der Waals surface area (Å²) in [6.07, 6.45) is 0.385. The second-order valence-corrected chi connectivity index (χ2v) is 8.18. The van der Waals surface area contributed by atoms with Crippen molar-refractivity contribution in [2.24, 2.45) is 0 Å². The average molecular weight is 421 g/mol. The molecule has 1 aliphatic heterocycles. The van der Waals surface area contributed by atoms with E-state index in [1.807, 2.05) is 62.9 Å². The van der Waals surface area contributed by atoms with Crippen molar-refractivity contribution in [2.45, 2.75) is 46.1 Å². The lowest BCUT2D eigenvalue weighted by Crippen LogP contribution is -2.25. The highest BCUT2D eigenvalue weighted by Crippen LogP contribution is 2.35. The fraction of sp³-hybridized carbons (Fsp3) is 0.375. The molecule has 0 aliphatic carbocycles. The molecule has 162 valence electrons. The molecule has 1 saturated heterocycles. The smallest absolute Gasteiger partial charge is 0.232 e. The summed E-state index contributed by atoms with van der Waals surface area (Å²) in [4.78, 5) is 19.1. The molecule has 2 heterocycles. The van der Waals surface area contributed by atoms with Gasteiger partial charge < -0.3 is 18.9 Å². The Labute approximate surface area is 182 Å². The third-order valence-electron chi connectivity index (χ3n) is 5.34. The molecule has 1 amide bonds. The molecule has 2 aromatic carbocycles. The Balaban J connectivity index is 1.55. The molecule has 0 spiro atoms. The number of amides is 1.